The van der Waals surface area contributed by atoms with Crippen LogP contribution in [0.25, 0.3) is 0 Å². The van der Waals surface area contributed by atoms with Crippen molar-refractivity contribution in [3.05, 3.63) is 35.2 Å². The Morgan fingerprint density at radius 2 is 2.35 bits per heavy atom. The van der Waals surface area contributed by atoms with Crippen molar-refractivity contribution in [3.8, 4) is 0 Å². The van der Waals surface area contributed by atoms with Crippen LogP contribution in [0.4, 0.5) is 0 Å². The van der Waals surface area contributed by atoms with E-state index in [9.17, 15) is 8.42 Å². The summed E-state index contributed by atoms with van der Waals surface area (Å²) in [5.74, 6) is 0. The summed E-state index contributed by atoms with van der Waals surface area (Å²) in [7, 11) is -3.45. The van der Waals surface area contributed by atoms with Crippen LogP contribution in [-0.4, -0.2) is 18.8 Å². The van der Waals surface area contributed by atoms with Gasteiger partial charge in [0.1, 0.15) is 4.91 Å². The molecule has 0 bridgehead atoms. The molecule has 1 unspecified atom stereocenters. The van der Waals surface area contributed by atoms with Crippen LogP contribution < -0.4 is 9.44 Å². The summed E-state index contributed by atoms with van der Waals surface area (Å²) in [5.41, 5.74) is 0.660. The lowest BCUT2D eigenvalue weighted by Crippen LogP contribution is -2.34. The van der Waals surface area contributed by atoms with E-state index in [0.29, 0.717) is 10.6 Å². The van der Waals surface area contributed by atoms with Crippen LogP contribution in [0.3, 0.4) is 0 Å². The minimum absolute atomic E-state index is 0.0668. The molecule has 0 radical (unpaired) electrons. The topological polar surface area (TPSA) is 61.4 Å². The molecular formula is C10H15N3O2S2. The zero-order chi connectivity index (χ0) is 12.5. The van der Waals surface area contributed by atoms with E-state index in [-0.39, 0.29) is 6.04 Å². The van der Waals surface area contributed by atoms with E-state index in [1.165, 1.54) is 12.1 Å². The van der Waals surface area contributed by atoms with E-state index in [4.69, 9.17) is 0 Å². The maximum atomic E-state index is 12.2. The van der Waals surface area contributed by atoms with Gasteiger partial charge in [-0.15, -0.1) is 0 Å². The Balaban J connectivity index is 2.27. The lowest BCUT2D eigenvalue weighted by atomic mass is 10.3. The lowest BCUT2D eigenvalue weighted by Gasteiger charge is -2.21. The molecule has 7 heteroatoms. The number of allylic oxidation sites excluding steroid dienone is 2. The van der Waals surface area contributed by atoms with Crippen LogP contribution in [0, 0.1) is 0 Å². The van der Waals surface area contributed by atoms with Gasteiger partial charge >= 0.3 is 0 Å². The van der Waals surface area contributed by atoms with Crippen molar-refractivity contribution in [1.82, 2.24) is 13.7 Å². The second kappa shape index (κ2) is 4.75. The molecule has 0 amide bonds. The van der Waals surface area contributed by atoms with Crippen molar-refractivity contribution >= 4 is 22.2 Å². The van der Waals surface area contributed by atoms with Gasteiger partial charge in [-0.05, 0) is 25.5 Å². The highest BCUT2D eigenvalue weighted by Gasteiger charge is 2.29. The Morgan fingerprint density at radius 1 is 1.59 bits per heavy atom. The number of rotatable bonds is 4. The molecule has 94 valence electrons. The lowest BCUT2D eigenvalue weighted by molar-refractivity contribution is 0.560. The molecule has 2 aliphatic heterocycles. The Kier molecular flexibility index (Phi) is 3.50. The minimum atomic E-state index is -3.45. The maximum Gasteiger partial charge on any atom is 0.242 e. The Bertz CT molecular complexity index is 494. The number of fused-ring (bicyclic) bond motifs is 1. The second-order valence-corrected chi connectivity index (χ2v) is 6.36. The van der Waals surface area contributed by atoms with Crippen molar-refractivity contribution < 1.29 is 8.42 Å². The molecule has 0 saturated heterocycles. The smallest absolute Gasteiger partial charge is 0.242 e. The predicted octanol–water partition coefficient (Wildman–Crippen LogP) is 1.43. The summed E-state index contributed by atoms with van der Waals surface area (Å²) in [6, 6.07) is -0.0668. The first-order valence-electron chi connectivity index (χ1n) is 5.37. The number of sulfonamides is 1. The second-order valence-electron chi connectivity index (χ2n) is 3.87. The van der Waals surface area contributed by atoms with Crippen molar-refractivity contribution in [2.45, 2.75) is 26.3 Å². The van der Waals surface area contributed by atoms with Crippen LogP contribution >= 0.6 is 12.1 Å². The molecule has 1 atom stereocenters. The van der Waals surface area contributed by atoms with Crippen LogP contribution in [0.1, 0.15) is 20.3 Å². The minimum Gasteiger partial charge on any atom is -0.316 e. The summed E-state index contributed by atoms with van der Waals surface area (Å²) in [6.07, 6.45) is 7.61. The summed E-state index contributed by atoms with van der Waals surface area (Å²) in [5, 5.41) is 0. The van der Waals surface area contributed by atoms with E-state index < -0.39 is 10.0 Å². The highest BCUT2D eigenvalue weighted by Crippen LogP contribution is 2.32. The third-order valence-electron chi connectivity index (χ3n) is 2.56. The van der Waals surface area contributed by atoms with E-state index in [1.807, 2.05) is 20.0 Å². The summed E-state index contributed by atoms with van der Waals surface area (Å²) >= 11 is 1.34. The van der Waals surface area contributed by atoms with Gasteiger partial charge in [0.25, 0.3) is 0 Å². The molecule has 2 N–H and O–H groups in total. The molecule has 2 aliphatic rings. The Labute approximate surface area is 106 Å². The summed E-state index contributed by atoms with van der Waals surface area (Å²) in [6.45, 7) is 3.80. The largest absolute Gasteiger partial charge is 0.316 e. The van der Waals surface area contributed by atoms with Crippen molar-refractivity contribution in [2.24, 2.45) is 0 Å². The number of nitrogens with zero attached hydrogens (tertiary/aromatic N) is 1. The summed E-state index contributed by atoms with van der Waals surface area (Å²) in [4.78, 5) is 0.304. The van der Waals surface area contributed by atoms with E-state index in [1.54, 1.807) is 22.7 Å². The fourth-order valence-corrected chi connectivity index (χ4v) is 3.70. The first-order chi connectivity index (χ1) is 8.04. The van der Waals surface area contributed by atoms with E-state index >= 15 is 0 Å². The standard InChI is InChI=1S/C10H15N3O2S2/c1-3-8(2)12-17(14,15)10-5-4-6-13-9(10)7-11-16-13/h4-8,11-12H,3H2,1-2H3. The van der Waals surface area contributed by atoms with Crippen LogP contribution in [0.15, 0.2) is 35.2 Å². The molecule has 0 saturated carbocycles. The molecule has 2 heterocycles. The quantitative estimate of drug-likeness (QED) is 0.759. The van der Waals surface area contributed by atoms with Crippen LogP contribution in [0.5, 0.6) is 0 Å². The van der Waals surface area contributed by atoms with Crippen molar-refractivity contribution in [2.75, 3.05) is 0 Å². The zero-order valence-corrected chi connectivity index (χ0v) is 11.3. The molecule has 0 aromatic carbocycles. The normalized spacial score (nSPS) is 20.5. The van der Waals surface area contributed by atoms with Gasteiger partial charge in [0.15, 0.2) is 0 Å². The first kappa shape index (κ1) is 12.5. The van der Waals surface area contributed by atoms with E-state index in [2.05, 4.69) is 9.44 Å². The van der Waals surface area contributed by atoms with Crippen molar-refractivity contribution in [3.63, 3.8) is 0 Å². The molecule has 0 fully saturated rings. The summed E-state index contributed by atoms with van der Waals surface area (Å²) < 4.78 is 31.7. The number of hydrogen-bond donors (Lipinski definition) is 2. The maximum absolute atomic E-state index is 12.2. The Morgan fingerprint density at radius 3 is 3.06 bits per heavy atom. The van der Waals surface area contributed by atoms with Crippen molar-refractivity contribution in [1.29, 1.82) is 0 Å². The van der Waals surface area contributed by atoms with Gasteiger partial charge in [0.2, 0.25) is 10.0 Å². The molecule has 5 nitrogen and oxygen atoms in total. The van der Waals surface area contributed by atoms with Gasteiger partial charge in [-0.1, -0.05) is 6.92 Å². The molecule has 0 aromatic rings. The first-order valence-corrected chi connectivity index (χ1v) is 7.63. The van der Waals surface area contributed by atoms with Gasteiger partial charge in [-0.25, -0.2) is 13.1 Å². The Hall–Kier alpha value is -0.920. The van der Waals surface area contributed by atoms with Gasteiger partial charge in [-0.2, -0.15) is 0 Å². The highest BCUT2D eigenvalue weighted by atomic mass is 32.2. The third kappa shape index (κ3) is 2.51. The molecule has 0 aliphatic carbocycles. The SMILES string of the molecule is CCC(C)NS(=O)(=O)C1=CC=CN2SNC=C12. The van der Waals surface area contributed by atoms with Gasteiger partial charge < -0.3 is 4.72 Å². The van der Waals surface area contributed by atoms with Crippen LogP contribution in [-0.2, 0) is 10.0 Å². The van der Waals surface area contributed by atoms with Gasteiger partial charge in [0, 0.05) is 18.4 Å². The number of nitrogens with one attached hydrogen (secondary N) is 2. The zero-order valence-electron chi connectivity index (χ0n) is 9.67. The van der Waals surface area contributed by atoms with E-state index in [0.717, 1.165) is 6.42 Å². The molecule has 0 spiro atoms. The average Bonchev–Trinajstić information content (AvgIpc) is 2.75. The molecule has 2 rings (SSSR count). The fourth-order valence-electron chi connectivity index (χ4n) is 1.48. The van der Waals surface area contributed by atoms with Gasteiger partial charge in [-0.3, -0.25) is 4.31 Å². The van der Waals surface area contributed by atoms with Gasteiger partial charge in [0.05, 0.1) is 17.8 Å². The molecular weight excluding hydrogens is 258 g/mol. The molecule has 0 aromatic heterocycles. The number of hydrogen-bond acceptors (Lipinski definition) is 5. The third-order valence-corrected chi connectivity index (χ3v) is 4.94. The molecule has 17 heavy (non-hydrogen) atoms. The predicted molar refractivity (Wildman–Crippen MR) is 69.7 cm³/mol. The monoisotopic (exact) mass is 273 g/mol. The average molecular weight is 273 g/mol. The highest BCUT2D eigenvalue weighted by molar-refractivity contribution is 7.96. The fraction of sp³-hybridized carbons (Fsp3) is 0.400. The van der Waals surface area contributed by atoms with Crippen LogP contribution in [0.2, 0.25) is 0 Å².